The van der Waals surface area contributed by atoms with Crippen LogP contribution in [0.25, 0.3) is 11.7 Å². The average Bonchev–Trinajstić information content (AvgIpc) is 3.30. The van der Waals surface area contributed by atoms with Gasteiger partial charge in [-0.2, -0.15) is 10.2 Å². The van der Waals surface area contributed by atoms with Gasteiger partial charge in [-0.15, -0.1) is 0 Å². The van der Waals surface area contributed by atoms with Crippen molar-refractivity contribution in [2.75, 3.05) is 18.0 Å². The van der Waals surface area contributed by atoms with Gasteiger partial charge in [0, 0.05) is 24.5 Å². The second-order valence-electron chi connectivity index (χ2n) is 7.25. The summed E-state index contributed by atoms with van der Waals surface area (Å²) in [6.07, 6.45) is 3.85. The Morgan fingerprint density at radius 3 is 2.77 bits per heavy atom. The molecule has 1 amide bonds. The molecule has 0 radical (unpaired) electrons. The number of anilines is 1. The van der Waals surface area contributed by atoms with Crippen molar-refractivity contribution in [2.45, 2.75) is 45.6 Å². The van der Waals surface area contributed by atoms with Crippen LogP contribution in [0, 0.1) is 17.2 Å². The molecule has 7 heteroatoms. The SMILES string of the molecule is CCC(C)(C)NC(=O)C1CCN(c2oc(-c3ccco3)nc2C#N)CC1. The number of rotatable bonds is 5. The Hall–Kier alpha value is -2.75. The van der Waals surface area contributed by atoms with E-state index in [1.54, 1.807) is 12.1 Å². The second-order valence-corrected chi connectivity index (χ2v) is 7.25. The number of hydrogen-bond donors (Lipinski definition) is 1. The van der Waals surface area contributed by atoms with E-state index < -0.39 is 0 Å². The number of nitrogens with one attached hydrogen (secondary N) is 1. The molecular weight excluding hydrogens is 332 g/mol. The van der Waals surface area contributed by atoms with E-state index in [-0.39, 0.29) is 23.1 Å². The molecule has 0 atom stereocenters. The fraction of sp³-hybridized carbons (Fsp3) is 0.526. The highest BCUT2D eigenvalue weighted by atomic mass is 16.4. The summed E-state index contributed by atoms with van der Waals surface area (Å²) in [5.41, 5.74) is 0.0526. The number of piperidine rings is 1. The van der Waals surface area contributed by atoms with Crippen LogP contribution in [0.15, 0.2) is 27.2 Å². The van der Waals surface area contributed by atoms with E-state index in [4.69, 9.17) is 8.83 Å². The van der Waals surface area contributed by atoms with Crippen LogP contribution in [0.5, 0.6) is 0 Å². The topological polar surface area (TPSA) is 95.3 Å². The molecule has 0 spiro atoms. The van der Waals surface area contributed by atoms with Gasteiger partial charge in [-0.25, -0.2) is 0 Å². The number of aromatic nitrogens is 1. The van der Waals surface area contributed by atoms with E-state index in [1.165, 1.54) is 6.26 Å². The molecule has 0 aliphatic carbocycles. The van der Waals surface area contributed by atoms with Gasteiger partial charge in [-0.3, -0.25) is 4.79 Å². The molecule has 1 saturated heterocycles. The Morgan fingerprint density at radius 2 is 2.19 bits per heavy atom. The zero-order valence-corrected chi connectivity index (χ0v) is 15.4. The number of nitriles is 1. The first-order chi connectivity index (χ1) is 12.4. The zero-order valence-electron chi connectivity index (χ0n) is 15.4. The van der Waals surface area contributed by atoms with Gasteiger partial charge in [-0.05, 0) is 45.2 Å². The van der Waals surface area contributed by atoms with Crippen LogP contribution in [0.3, 0.4) is 0 Å². The van der Waals surface area contributed by atoms with Crippen LogP contribution >= 0.6 is 0 Å². The third-order valence-electron chi connectivity index (χ3n) is 4.95. The predicted octanol–water partition coefficient (Wildman–Crippen LogP) is 3.33. The van der Waals surface area contributed by atoms with Crippen LogP contribution < -0.4 is 10.2 Å². The fourth-order valence-corrected chi connectivity index (χ4v) is 2.97. The van der Waals surface area contributed by atoms with Crippen LogP contribution in [-0.4, -0.2) is 29.5 Å². The van der Waals surface area contributed by atoms with Gasteiger partial charge in [0.05, 0.1) is 6.26 Å². The number of amides is 1. The average molecular weight is 356 g/mol. The lowest BCUT2D eigenvalue weighted by Gasteiger charge is -2.33. The highest BCUT2D eigenvalue weighted by molar-refractivity contribution is 5.79. The molecule has 7 nitrogen and oxygen atoms in total. The number of carbonyl (C=O) groups is 1. The van der Waals surface area contributed by atoms with Crippen LogP contribution in [0.2, 0.25) is 0 Å². The van der Waals surface area contributed by atoms with Crippen molar-refractivity contribution < 1.29 is 13.6 Å². The minimum atomic E-state index is -0.189. The van der Waals surface area contributed by atoms with Crippen molar-refractivity contribution in [1.29, 1.82) is 5.26 Å². The maximum absolute atomic E-state index is 12.5. The van der Waals surface area contributed by atoms with Crippen molar-refractivity contribution in [3.8, 4) is 17.7 Å². The summed E-state index contributed by atoms with van der Waals surface area (Å²) < 4.78 is 11.1. The molecule has 138 valence electrons. The number of oxazole rings is 1. The number of nitrogens with zero attached hydrogens (tertiary/aromatic N) is 3. The van der Waals surface area contributed by atoms with Gasteiger partial charge >= 0.3 is 0 Å². The molecule has 0 unspecified atom stereocenters. The third-order valence-corrected chi connectivity index (χ3v) is 4.95. The lowest BCUT2D eigenvalue weighted by atomic mass is 9.93. The first-order valence-electron chi connectivity index (χ1n) is 8.95. The summed E-state index contributed by atoms with van der Waals surface area (Å²) in [5, 5.41) is 12.5. The van der Waals surface area contributed by atoms with Crippen molar-refractivity contribution >= 4 is 11.8 Å². The van der Waals surface area contributed by atoms with Gasteiger partial charge in [-0.1, -0.05) is 6.92 Å². The quantitative estimate of drug-likeness (QED) is 0.883. The van der Waals surface area contributed by atoms with Crippen molar-refractivity contribution in [3.63, 3.8) is 0 Å². The van der Waals surface area contributed by atoms with Gasteiger partial charge in [0.2, 0.25) is 17.5 Å². The van der Waals surface area contributed by atoms with E-state index in [0.717, 1.165) is 6.42 Å². The van der Waals surface area contributed by atoms with Gasteiger partial charge in [0.25, 0.3) is 5.89 Å². The predicted molar refractivity (Wildman–Crippen MR) is 96.4 cm³/mol. The van der Waals surface area contributed by atoms with E-state index in [0.29, 0.717) is 43.5 Å². The Labute approximate surface area is 153 Å². The monoisotopic (exact) mass is 356 g/mol. The summed E-state index contributed by atoms with van der Waals surface area (Å²) in [4.78, 5) is 18.7. The van der Waals surface area contributed by atoms with Gasteiger partial charge < -0.3 is 19.1 Å². The lowest BCUT2D eigenvalue weighted by molar-refractivity contribution is -0.127. The Bertz CT molecular complexity index is 793. The highest BCUT2D eigenvalue weighted by Gasteiger charge is 2.31. The van der Waals surface area contributed by atoms with Gasteiger partial charge in [0.1, 0.15) is 6.07 Å². The summed E-state index contributed by atoms with van der Waals surface area (Å²) in [6, 6.07) is 5.56. The fourth-order valence-electron chi connectivity index (χ4n) is 2.97. The standard InChI is InChI=1S/C19H24N4O3/c1-4-19(2,3)22-16(24)13-7-9-23(10-8-13)18-14(12-20)21-17(26-18)15-6-5-11-25-15/h5-6,11,13H,4,7-10H2,1-3H3,(H,22,24). The second kappa shape index (κ2) is 7.24. The van der Waals surface area contributed by atoms with Crippen LogP contribution in [-0.2, 0) is 4.79 Å². The number of furan rings is 1. The largest absolute Gasteiger partial charge is 0.459 e. The summed E-state index contributed by atoms with van der Waals surface area (Å²) in [5.74, 6) is 1.32. The molecule has 3 rings (SSSR count). The molecule has 0 aromatic carbocycles. The van der Waals surface area contributed by atoms with Crippen molar-refractivity contribution in [1.82, 2.24) is 10.3 Å². The minimum absolute atomic E-state index is 0.0184. The molecule has 3 heterocycles. The molecule has 2 aromatic rings. The Morgan fingerprint density at radius 1 is 1.46 bits per heavy atom. The van der Waals surface area contributed by atoms with E-state index in [1.807, 2.05) is 18.7 Å². The zero-order chi connectivity index (χ0) is 18.7. The first-order valence-corrected chi connectivity index (χ1v) is 8.95. The normalized spacial score (nSPS) is 15.7. The van der Waals surface area contributed by atoms with Crippen LogP contribution in [0.1, 0.15) is 45.7 Å². The number of carbonyl (C=O) groups excluding carboxylic acids is 1. The smallest absolute Gasteiger partial charge is 0.266 e. The molecule has 0 bridgehead atoms. The minimum Gasteiger partial charge on any atom is -0.459 e. The summed E-state index contributed by atoms with van der Waals surface area (Å²) in [7, 11) is 0. The lowest BCUT2D eigenvalue weighted by Crippen LogP contribution is -2.48. The molecule has 1 fully saturated rings. The van der Waals surface area contributed by atoms with Gasteiger partial charge in [0.15, 0.2) is 5.76 Å². The van der Waals surface area contributed by atoms with Crippen molar-refractivity contribution in [3.05, 3.63) is 24.1 Å². The summed E-state index contributed by atoms with van der Waals surface area (Å²) >= 11 is 0. The Balaban J connectivity index is 1.67. The molecule has 1 N–H and O–H groups in total. The Kier molecular flexibility index (Phi) is 5.03. The summed E-state index contributed by atoms with van der Waals surface area (Å²) in [6.45, 7) is 7.42. The maximum Gasteiger partial charge on any atom is 0.266 e. The molecule has 0 saturated carbocycles. The highest BCUT2D eigenvalue weighted by Crippen LogP contribution is 2.31. The van der Waals surface area contributed by atoms with Crippen LogP contribution in [0.4, 0.5) is 5.88 Å². The van der Waals surface area contributed by atoms with Crippen molar-refractivity contribution in [2.24, 2.45) is 5.92 Å². The maximum atomic E-state index is 12.5. The molecule has 1 aliphatic heterocycles. The van der Waals surface area contributed by atoms with E-state index in [2.05, 4.69) is 23.3 Å². The van der Waals surface area contributed by atoms with E-state index in [9.17, 15) is 10.1 Å². The molecule has 1 aliphatic rings. The molecule has 26 heavy (non-hydrogen) atoms. The molecule has 2 aromatic heterocycles. The number of hydrogen-bond acceptors (Lipinski definition) is 6. The van der Waals surface area contributed by atoms with E-state index >= 15 is 0 Å². The third kappa shape index (κ3) is 3.74. The molecular formula is C19H24N4O3. The first kappa shape index (κ1) is 18.1.